The van der Waals surface area contributed by atoms with Gasteiger partial charge in [-0.25, -0.2) is 0 Å². The molecule has 0 aromatic heterocycles. The van der Waals surface area contributed by atoms with Gasteiger partial charge >= 0.3 is 0 Å². The molecule has 1 rings (SSSR count). The monoisotopic (exact) mass is 160 g/mol. The Kier molecular flexibility index (Phi) is 2.44. The van der Waals surface area contributed by atoms with Crippen molar-refractivity contribution in [2.45, 2.75) is 0 Å². The second-order valence-corrected chi connectivity index (χ2v) is 2.35. The van der Waals surface area contributed by atoms with Gasteiger partial charge in [-0.05, 0) is 12.1 Å². The SMILES string of the molecule is CN(C=O)c1ccccc1C#N. The summed E-state index contributed by atoms with van der Waals surface area (Å²) in [6, 6.07) is 8.97. The molecule has 0 unspecified atom stereocenters. The minimum Gasteiger partial charge on any atom is -0.317 e. The van der Waals surface area contributed by atoms with Gasteiger partial charge in [-0.3, -0.25) is 4.79 Å². The van der Waals surface area contributed by atoms with Crippen molar-refractivity contribution in [3.8, 4) is 6.07 Å². The van der Waals surface area contributed by atoms with Crippen molar-refractivity contribution in [3.63, 3.8) is 0 Å². The van der Waals surface area contributed by atoms with Gasteiger partial charge in [0.2, 0.25) is 6.41 Å². The highest BCUT2D eigenvalue weighted by Gasteiger charge is 2.03. The molecule has 0 saturated carbocycles. The zero-order valence-electron chi connectivity index (χ0n) is 6.69. The lowest BCUT2D eigenvalue weighted by Crippen LogP contribution is -2.14. The third-order valence-electron chi connectivity index (χ3n) is 1.56. The minimum atomic E-state index is 0.507. The largest absolute Gasteiger partial charge is 0.317 e. The van der Waals surface area contributed by atoms with E-state index in [9.17, 15) is 4.79 Å². The number of hydrogen-bond acceptors (Lipinski definition) is 2. The van der Waals surface area contributed by atoms with Crippen molar-refractivity contribution in [1.82, 2.24) is 0 Å². The summed E-state index contributed by atoms with van der Waals surface area (Å²) < 4.78 is 0. The number of anilines is 1. The van der Waals surface area contributed by atoms with Crippen LogP contribution in [0.1, 0.15) is 5.56 Å². The van der Waals surface area contributed by atoms with Gasteiger partial charge in [-0.15, -0.1) is 0 Å². The molecule has 60 valence electrons. The number of nitrogens with zero attached hydrogens (tertiary/aromatic N) is 2. The number of amides is 1. The molecule has 1 aromatic carbocycles. The van der Waals surface area contributed by atoms with Crippen molar-refractivity contribution in [3.05, 3.63) is 29.8 Å². The molecule has 1 aromatic rings. The summed E-state index contributed by atoms with van der Waals surface area (Å²) in [7, 11) is 1.61. The first-order valence-corrected chi connectivity index (χ1v) is 3.47. The van der Waals surface area contributed by atoms with E-state index in [0.29, 0.717) is 17.7 Å². The molecule has 0 atom stereocenters. The van der Waals surface area contributed by atoms with Crippen molar-refractivity contribution < 1.29 is 4.79 Å². The van der Waals surface area contributed by atoms with Crippen molar-refractivity contribution in [2.24, 2.45) is 0 Å². The Morgan fingerprint density at radius 3 is 2.75 bits per heavy atom. The van der Waals surface area contributed by atoms with Gasteiger partial charge in [0.15, 0.2) is 0 Å². The summed E-state index contributed by atoms with van der Waals surface area (Å²) in [5.41, 5.74) is 1.14. The van der Waals surface area contributed by atoms with Gasteiger partial charge in [0.1, 0.15) is 6.07 Å². The van der Waals surface area contributed by atoms with E-state index in [0.717, 1.165) is 0 Å². The smallest absolute Gasteiger partial charge is 0.213 e. The molecule has 0 radical (unpaired) electrons. The lowest BCUT2D eigenvalue weighted by Gasteiger charge is -2.11. The maximum Gasteiger partial charge on any atom is 0.213 e. The Labute approximate surface area is 70.8 Å². The third-order valence-corrected chi connectivity index (χ3v) is 1.56. The quantitative estimate of drug-likeness (QED) is 0.609. The van der Waals surface area contributed by atoms with Crippen LogP contribution in [0.3, 0.4) is 0 Å². The van der Waals surface area contributed by atoms with Crippen LogP contribution in [0.15, 0.2) is 24.3 Å². The molecule has 0 N–H and O–H groups in total. The zero-order valence-corrected chi connectivity index (χ0v) is 6.69. The van der Waals surface area contributed by atoms with Crippen LogP contribution in [0.25, 0.3) is 0 Å². The predicted octanol–water partition coefficient (Wildman–Crippen LogP) is 1.15. The first kappa shape index (κ1) is 8.28. The summed E-state index contributed by atoms with van der Waals surface area (Å²) >= 11 is 0. The maximum atomic E-state index is 10.4. The fraction of sp³-hybridized carbons (Fsp3) is 0.111. The van der Waals surface area contributed by atoms with Gasteiger partial charge in [0, 0.05) is 7.05 Å². The van der Waals surface area contributed by atoms with Crippen molar-refractivity contribution in [1.29, 1.82) is 5.26 Å². The highest BCUT2D eigenvalue weighted by molar-refractivity contribution is 5.77. The molecule has 0 aliphatic heterocycles. The van der Waals surface area contributed by atoms with Crippen LogP contribution in [0.5, 0.6) is 0 Å². The molecule has 0 heterocycles. The average molecular weight is 160 g/mol. The Hall–Kier alpha value is -1.82. The van der Waals surface area contributed by atoms with Crippen LogP contribution in [-0.2, 0) is 4.79 Å². The van der Waals surface area contributed by atoms with Crippen LogP contribution in [-0.4, -0.2) is 13.5 Å². The first-order valence-electron chi connectivity index (χ1n) is 3.47. The fourth-order valence-electron chi connectivity index (χ4n) is 0.933. The average Bonchev–Trinajstić information content (AvgIpc) is 2.16. The predicted molar refractivity (Wildman–Crippen MR) is 45.6 cm³/mol. The van der Waals surface area contributed by atoms with E-state index < -0.39 is 0 Å². The molecular weight excluding hydrogens is 152 g/mol. The minimum absolute atomic E-state index is 0.507. The number of nitriles is 1. The number of carbonyl (C=O) groups excluding carboxylic acids is 1. The number of hydrogen-bond donors (Lipinski definition) is 0. The van der Waals surface area contributed by atoms with Crippen LogP contribution < -0.4 is 4.90 Å². The molecule has 0 spiro atoms. The number of carbonyl (C=O) groups is 1. The molecule has 0 bridgehead atoms. The van der Waals surface area contributed by atoms with E-state index in [4.69, 9.17) is 5.26 Å². The van der Waals surface area contributed by atoms with E-state index in [1.54, 1.807) is 31.3 Å². The van der Waals surface area contributed by atoms with Gasteiger partial charge in [-0.1, -0.05) is 12.1 Å². The number of para-hydroxylation sites is 1. The Morgan fingerprint density at radius 1 is 1.50 bits per heavy atom. The van der Waals surface area contributed by atoms with E-state index >= 15 is 0 Å². The first-order chi connectivity index (χ1) is 5.79. The fourth-order valence-corrected chi connectivity index (χ4v) is 0.933. The number of benzene rings is 1. The summed E-state index contributed by atoms with van der Waals surface area (Å²) in [6.45, 7) is 0. The molecule has 0 saturated heterocycles. The van der Waals surface area contributed by atoms with Gasteiger partial charge in [0.25, 0.3) is 0 Å². The Bertz CT molecular complexity index is 328. The Morgan fingerprint density at radius 2 is 2.17 bits per heavy atom. The second kappa shape index (κ2) is 3.54. The highest BCUT2D eigenvalue weighted by atomic mass is 16.1. The molecule has 1 amide bonds. The second-order valence-electron chi connectivity index (χ2n) is 2.35. The summed E-state index contributed by atoms with van der Waals surface area (Å²) in [5, 5.41) is 8.67. The molecule has 12 heavy (non-hydrogen) atoms. The lowest BCUT2D eigenvalue weighted by molar-refractivity contribution is -0.107. The van der Waals surface area contributed by atoms with Gasteiger partial charge in [-0.2, -0.15) is 5.26 Å². The van der Waals surface area contributed by atoms with Crippen LogP contribution in [0.2, 0.25) is 0 Å². The molecule has 0 aliphatic rings. The highest BCUT2D eigenvalue weighted by Crippen LogP contribution is 2.16. The van der Waals surface area contributed by atoms with Crippen LogP contribution >= 0.6 is 0 Å². The van der Waals surface area contributed by atoms with E-state index in [2.05, 4.69) is 0 Å². The van der Waals surface area contributed by atoms with Crippen LogP contribution in [0.4, 0.5) is 5.69 Å². The van der Waals surface area contributed by atoms with Gasteiger partial charge < -0.3 is 4.90 Å². The normalized spacial score (nSPS) is 8.67. The summed E-state index contributed by atoms with van der Waals surface area (Å²) in [4.78, 5) is 11.8. The topological polar surface area (TPSA) is 44.1 Å². The van der Waals surface area contributed by atoms with Crippen molar-refractivity contribution >= 4 is 12.1 Å². The van der Waals surface area contributed by atoms with E-state index in [-0.39, 0.29) is 0 Å². The molecule has 0 fully saturated rings. The van der Waals surface area contributed by atoms with E-state index in [1.807, 2.05) is 6.07 Å². The molecule has 3 nitrogen and oxygen atoms in total. The summed E-state index contributed by atoms with van der Waals surface area (Å²) in [5.74, 6) is 0. The standard InChI is InChI=1S/C9H8N2O/c1-11(7-12)9-5-3-2-4-8(9)6-10/h2-5,7H,1H3. The molecule has 0 aliphatic carbocycles. The zero-order chi connectivity index (χ0) is 8.97. The molecule has 3 heteroatoms. The lowest BCUT2D eigenvalue weighted by atomic mass is 10.2. The van der Waals surface area contributed by atoms with E-state index in [1.165, 1.54) is 4.90 Å². The molecular formula is C9H8N2O. The Balaban J connectivity index is 3.15. The number of rotatable bonds is 2. The maximum absolute atomic E-state index is 10.4. The van der Waals surface area contributed by atoms with Gasteiger partial charge in [0.05, 0.1) is 11.3 Å². The summed E-state index contributed by atoms with van der Waals surface area (Å²) in [6.07, 6.45) is 0.677. The third kappa shape index (κ3) is 1.43. The van der Waals surface area contributed by atoms with Crippen LogP contribution in [0, 0.1) is 11.3 Å². The van der Waals surface area contributed by atoms with Crippen molar-refractivity contribution in [2.75, 3.05) is 11.9 Å².